The van der Waals surface area contributed by atoms with Crippen molar-refractivity contribution in [2.75, 3.05) is 0 Å². The average molecular weight is 1440 g/mol. The van der Waals surface area contributed by atoms with Gasteiger partial charge < -0.3 is 9.97 Å². The topological polar surface area (TPSA) is 315 Å². The van der Waals surface area contributed by atoms with Crippen molar-refractivity contribution < 1.29 is 0 Å². The molecule has 2 N–H and O–H groups in total. The fourth-order valence-corrected chi connectivity index (χ4v) is 17.3. The summed E-state index contributed by atoms with van der Waals surface area (Å²) in [5.41, 5.74) is 5.62. The quantitative estimate of drug-likeness (QED) is 0.133. The van der Waals surface area contributed by atoms with Crippen molar-refractivity contribution in [1.82, 2.24) is 120 Å². The van der Waals surface area contributed by atoms with E-state index in [1.54, 1.807) is 94.1 Å². The van der Waals surface area contributed by atoms with E-state index < -0.39 is 0 Å². The molecule has 2 aliphatic rings. The van der Waals surface area contributed by atoms with Gasteiger partial charge in [0, 0.05) is 38.0 Å². The van der Waals surface area contributed by atoms with E-state index in [9.17, 15) is 0 Å². The van der Waals surface area contributed by atoms with Crippen molar-refractivity contribution in [2.45, 2.75) is 244 Å². The highest BCUT2D eigenvalue weighted by atomic mass is 32.2. The maximum Gasteiger partial charge on any atom is 0.199 e. The summed E-state index contributed by atoms with van der Waals surface area (Å²) < 4.78 is -1.75. The molecule has 13 rings (SSSR count). The Morgan fingerprint density at radius 1 is 0.177 bits per heavy atom. The lowest BCUT2D eigenvalue weighted by molar-refractivity contribution is 0.780. The number of aromatic nitrogens is 24. The molecular formula is C64H74N24S8. The normalized spacial score (nSPS) is 13.8. The third-order valence-electron chi connectivity index (χ3n) is 12.6. The fourth-order valence-electron chi connectivity index (χ4n) is 9.49. The Kier molecular flexibility index (Phi) is 16.9. The molecule has 0 aromatic carbocycles. The van der Waals surface area contributed by atoms with Crippen LogP contribution in [0.5, 0.6) is 0 Å². The van der Waals surface area contributed by atoms with E-state index in [4.69, 9.17) is 110 Å². The molecule has 2 aliphatic heterocycles. The molecule has 0 aliphatic carbocycles. The molecular weight excluding hydrogens is 1360 g/mol. The van der Waals surface area contributed by atoms with Crippen LogP contribution in [0.2, 0.25) is 0 Å². The average Bonchev–Trinajstić information content (AvgIpc) is 1.55. The summed E-state index contributed by atoms with van der Waals surface area (Å²) in [6, 6.07) is 0. The zero-order valence-corrected chi connectivity index (χ0v) is 64.6. The molecule has 13 heterocycles. The smallest absolute Gasteiger partial charge is 0.199 e. The van der Waals surface area contributed by atoms with Crippen LogP contribution in [0.1, 0.15) is 166 Å². The van der Waals surface area contributed by atoms with Gasteiger partial charge in [-0.25, -0.2) is 110 Å². The van der Waals surface area contributed by atoms with Crippen LogP contribution in [0.15, 0.2) is 40.2 Å². The monoisotopic (exact) mass is 1430 g/mol. The predicted octanol–water partition coefficient (Wildman–Crippen LogP) is 16.9. The van der Waals surface area contributed by atoms with Crippen LogP contribution in [0.4, 0.5) is 0 Å². The van der Waals surface area contributed by atoms with Gasteiger partial charge in [0.1, 0.15) is 85.1 Å². The number of nitrogens with one attached hydrogen (secondary N) is 2. The Bertz CT molecular complexity index is 4620. The maximum atomic E-state index is 5.33. The molecule has 498 valence electrons. The molecule has 0 fully saturated rings. The van der Waals surface area contributed by atoms with Crippen molar-refractivity contribution in [3.8, 4) is 46.1 Å². The van der Waals surface area contributed by atoms with Crippen LogP contribution in [0.3, 0.4) is 0 Å². The van der Waals surface area contributed by atoms with Crippen LogP contribution >= 0.6 is 94.1 Å². The van der Waals surface area contributed by atoms with E-state index in [2.05, 4.69) is 176 Å². The third kappa shape index (κ3) is 15.0. The molecule has 11 aromatic rings. The Morgan fingerprint density at radius 3 is 0.469 bits per heavy atom. The number of fused-ring (bicyclic) bond motifs is 24. The van der Waals surface area contributed by atoms with Gasteiger partial charge in [-0.3, -0.25) is 0 Å². The number of hydrogen-bond donors (Lipinski definition) is 2. The maximum absolute atomic E-state index is 5.33. The molecule has 11 aromatic heterocycles. The number of thioether (sulfide) groups is 8. The highest BCUT2D eigenvalue weighted by Gasteiger charge is 2.34. The zero-order chi connectivity index (χ0) is 69.1. The van der Waals surface area contributed by atoms with E-state index in [1.165, 1.54) is 0 Å². The van der Waals surface area contributed by atoms with Gasteiger partial charge >= 0.3 is 0 Å². The third-order valence-corrected chi connectivity index (χ3v) is 21.8. The first-order valence-corrected chi connectivity index (χ1v) is 37.6. The summed E-state index contributed by atoms with van der Waals surface area (Å²) in [7, 11) is 0. The second-order valence-corrected chi connectivity index (χ2v) is 45.5. The molecule has 96 heavy (non-hydrogen) atoms. The molecule has 0 radical (unpaired) electrons. The van der Waals surface area contributed by atoms with Gasteiger partial charge in [-0.15, -0.1) is 0 Å². The van der Waals surface area contributed by atoms with Crippen LogP contribution in [-0.4, -0.2) is 158 Å². The molecule has 0 unspecified atom stereocenters. The molecule has 0 amide bonds. The van der Waals surface area contributed by atoms with Crippen LogP contribution in [0, 0.1) is 0 Å². The van der Waals surface area contributed by atoms with E-state index in [1.807, 2.05) is 0 Å². The van der Waals surface area contributed by atoms with Gasteiger partial charge in [0.2, 0.25) is 0 Å². The number of H-pyrrole nitrogens is 2. The number of rotatable bonds is 8. The Hall–Kier alpha value is -6.16. The van der Waals surface area contributed by atoms with Gasteiger partial charge in [-0.2, -0.15) is 0 Å². The Balaban J connectivity index is 1.18. The summed E-state index contributed by atoms with van der Waals surface area (Å²) in [4.78, 5) is 122. The van der Waals surface area contributed by atoms with Crippen molar-refractivity contribution in [3.05, 3.63) is 0 Å². The van der Waals surface area contributed by atoms with E-state index in [-0.39, 0.29) is 107 Å². The van der Waals surface area contributed by atoms with Gasteiger partial charge in [0.15, 0.2) is 91.1 Å². The zero-order valence-electron chi connectivity index (χ0n) is 58.1. The summed E-state index contributed by atoms with van der Waals surface area (Å²) in [6.07, 6.45) is 0. The number of hydrogen-bond acceptors (Lipinski definition) is 30. The lowest BCUT2D eigenvalue weighted by Crippen LogP contribution is -2.12. The first-order chi connectivity index (χ1) is 44.4. The fraction of sp³-hybridized carbons (Fsp3) is 0.500. The highest BCUT2D eigenvalue weighted by Crippen LogP contribution is 2.47. The summed E-state index contributed by atoms with van der Waals surface area (Å²) in [5, 5.41) is 5.79. The highest BCUT2D eigenvalue weighted by molar-refractivity contribution is 8.04. The molecule has 8 bridgehead atoms. The summed E-state index contributed by atoms with van der Waals surface area (Å²) >= 11 is 12.9. The predicted molar refractivity (Wildman–Crippen MR) is 396 cm³/mol. The number of aromatic amines is 2. The van der Waals surface area contributed by atoms with Crippen LogP contribution < -0.4 is 0 Å². The minimum Gasteiger partial charge on any atom is -0.321 e. The van der Waals surface area contributed by atoms with Crippen LogP contribution in [-0.2, 0) is 0 Å². The van der Waals surface area contributed by atoms with Gasteiger partial charge in [-0.05, 0) is 0 Å². The molecule has 0 atom stereocenters. The second-order valence-electron chi connectivity index (χ2n) is 30.9. The van der Waals surface area contributed by atoms with Crippen molar-refractivity contribution in [1.29, 1.82) is 0 Å². The molecule has 0 saturated heterocycles. The minimum absolute atomic E-state index is 0.132. The van der Waals surface area contributed by atoms with Crippen molar-refractivity contribution in [3.63, 3.8) is 0 Å². The molecule has 0 spiro atoms. The summed E-state index contributed by atoms with van der Waals surface area (Å²) in [5.74, 6) is 0.529. The lowest BCUT2D eigenvalue weighted by atomic mass is 10.3. The first kappa shape index (κ1) is 68.4. The van der Waals surface area contributed by atoms with Crippen molar-refractivity contribution in [2.24, 2.45) is 0 Å². The van der Waals surface area contributed by atoms with Gasteiger partial charge in [0.25, 0.3) is 0 Å². The molecule has 32 heteroatoms. The second kappa shape index (κ2) is 23.8. The summed E-state index contributed by atoms with van der Waals surface area (Å²) in [6.45, 7) is 51.4. The SMILES string of the molecule is CC(C)(C)Sc1nc2nc3c(nc2nc1SC(C)(C)C)-c1nc-3nc2[nH]c(nc3nc(nc4[nH]c(n1)c1nc5nc(SC(C)(C)C)c(SC(C)(C)C)nc5nc41)-c1nc4nc(SC(C)(C)C)c(SC(C)(C)C)nc4nc1-3)c1nc3nc(SC(C)(C)C)c(SC(C)(C)C)nc3nc21. The van der Waals surface area contributed by atoms with E-state index >= 15 is 0 Å². The lowest BCUT2D eigenvalue weighted by Gasteiger charge is -2.22. The Morgan fingerprint density at radius 2 is 0.323 bits per heavy atom. The van der Waals surface area contributed by atoms with E-state index in [0.717, 1.165) is 40.2 Å². The molecule has 0 saturated carbocycles. The van der Waals surface area contributed by atoms with Crippen molar-refractivity contribution >= 4 is 184 Å². The van der Waals surface area contributed by atoms with E-state index in [0.29, 0.717) is 67.2 Å². The van der Waals surface area contributed by atoms with Gasteiger partial charge in [0.05, 0.1) is 0 Å². The Labute approximate surface area is 589 Å². The minimum atomic E-state index is -0.219. The largest absolute Gasteiger partial charge is 0.321 e. The molecule has 24 nitrogen and oxygen atoms in total. The first-order valence-electron chi connectivity index (χ1n) is 31.1. The standard InChI is InChI=1S/C64H74N24S8/c1-57(2,3)89-49-50(90-58(4,5)6)82-42-41(81-49)65-25-26(66-42)34-73-33(25)77-35-27-28(68-44-43(67-27)83-51(91-59(7,8)9)52(84-44)92-60(10,11)12)37(74-35)79-39-31-32(72-48-47(71-31)87-55(95-63(19,20)21)56(88-48)96-64(22,23)24)40(76-39)80-38-30-29(36(75-38)78-34)69-45-46(70-30)86-54(94-62(16,17)18)53(85-45)93-61(13,14)15/h1-24H3,(H2,73,74,75,76,77,78,79,80). The van der Waals surface area contributed by atoms with Gasteiger partial charge in [-0.1, -0.05) is 260 Å². The number of nitrogens with zero attached hydrogens (tertiary/aromatic N) is 22. The van der Waals surface area contributed by atoms with Crippen LogP contribution in [0.25, 0.3) is 136 Å².